The molecule has 0 radical (unpaired) electrons. The fourth-order valence-corrected chi connectivity index (χ4v) is 4.11. The van der Waals surface area contributed by atoms with Crippen LogP contribution in [0.2, 0.25) is 0 Å². The number of anilines is 1. The second-order valence-electron chi connectivity index (χ2n) is 8.08. The van der Waals surface area contributed by atoms with E-state index in [-0.39, 0.29) is 11.5 Å². The van der Waals surface area contributed by atoms with Crippen molar-refractivity contribution < 1.29 is 4.79 Å². The minimum atomic E-state index is -0.181. The number of aromatic amines is 2. The number of aromatic nitrogens is 4. The van der Waals surface area contributed by atoms with E-state index in [0.29, 0.717) is 17.7 Å². The van der Waals surface area contributed by atoms with Crippen molar-refractivity contribution in [1.82, 2.24) is 24.8 Å². The van der Waals surface area contributed by atoms with Gasteiger partial charge in [-0.25, -0.2) is 4.98 Å². The van der Waals surface area contributed by atoms with Crippen LogP contribution in [0, 0.1) is 0 Å². The zero-order chi connectivity index (χ0) is 23.7. The molecule has 0 aliphatic rings. The first-order chi connectivity index (χ1) is 16.5. The van der Waals surface area contributed by atoms with Crippen molar-refractivity contribution in [2.75, 3.05) is 18.9 Å². The molecule has 0 spiro atoms. The largest absolute Gasteiger partial charge is 0.357 e. The van der Waals surface area contributed by atoms with E-state index in [1.54, 1.807) is 23.9 Å². The number of aryl methyl sites for hydroxylation is 1. The number of nitrogens with one attached hydrogen (secondary N) is 4. The Labute approximate surface area is 195 Å². The van der Waals surface area contributed by atoms with Crippen molar-refractivity contribution in [2.45, 2.75) is 0 Å². The number of amides is 1. The third-order valence-corrected chi connectivity index (χ3v) is 5.77. The van der Waals surface area contributed by atoms with Crippen molar-refractivity contribution in [2.24, 2.45) is 7.05 Å². The molecule has 0 fully saturated rings. The highest BCUT2D eigenvalue weighted by molar-refractivity contribution is 6.04. The van der Waals surface area contributed by atoms with E-state index in [4.69, 9.17) is 0 Å². The first kappa shape index (κ1) is 21.4. The van der Waals surface area contributed by atoms with Crippen LogP contribution in [0.1, 0.15) is 0 Å². The summed E-state index contributed by atoms with van der Waals surface area (Å²) in [5.41, 5.74) is 5.74. The number of benzene rings is 1. The van der Waals surface area contributed by atoms with Crippen molar-refractivity contribution in [3.8, 4) is 22.3 Å². The maximum atomic E-state index is 12.5. The number of fused-ring (bicyclic) bond motifs is 2. The van der Waals surface area contributed by atoms with Crippen LogP contribution in [0.4, 0.5) is 5.69 Å². The number of hydrogen-bond acceptors (Lipinski definition) is 4. The maximum Gasteiger partial charge on any atom is 0.274 e. The van der Waals surface area contributed by atoms with Crippen molar-refractivity contribution in [3.63, 3.8) is 0 Å². The monoisotopic (exact) mass is 452 g/mol. The fraction of sp³-hybridized carbons (Fsp3) is 0.115. The van der Waals surface area contributed by atoms with Crippen LogP contribution in [0.25, 0.3) is 44.2 Å². The van der Waals surface area contributed by atoms with Gasteiger partial charge in [0.25, 0.3) is 5.56 Å². The molecule has 34 heavy (non-hydrogen) atoms. The van der Waals surface area contributed by atoms with E-state index in [9.17, 15) is 9.59 Å². The summed E-state index contributed by atoms with van der Waals surface area (Å²) in [6, 6.07) is 11.7. The Balaban J connectivity index is 1.54. The van der Waals surface area contributed by atoms with Gasteiger partial charge in [-0.2, -0.15) is 0 Å². The molecule has 5 rings (SSSR count). The average molecular weight is 453 g/mol. The van der Waals surface area contributed by atoms with E-state index in [1.807, 2.05) is 56.0 Å². The maximum absolute atomic E-state index is 12.5. The molecule has 0 unspecified atom stereocenters. The van der Waals surface area contributed by atoms with Crippen molar-refractivity contribution >= 4 is 33.5 Å². The number of pyridine rings is 2. The van der Waals surface area contributed by atoms with E-state index in [0.717, 1.165) is 38.7 Å². The van der Waals surface area contributed by atoms with Gasteiger partial charge >= 0.3 is 0 Å². The van der Waals surface area contributed by atoms with Crippen LogP contribution >= 0.6 is 0 Å². The van der Waals surface area contributed by atoms with E-state index in [2.05, 4.69) is 31.7 Å². The lowest BCUT2D eigenvalue weighted by Gasteiger charge is -2.08. The molecule has 170 valence electrons. The molecule has 1 aromatic carbocycles. The normalized spacial score (nSPS) is 11.6. The predicted octanol–water partition coefficient (Wildman–Crippen LogP) is 3.79. The highest BCUT2D eigenvalue weighted by Gasteiger charge is 2.15. The van der Waals surface area contributed by atoms with Gasteiger partial charge in [-0.05, 0) is 36.9 Å². The summed E-state index contributed by atoms with van der Waals surface area (Å²) in [5.74, 6) is -0.181. The number of likely N-dealkylation sites (N-methyl/N-ethyl adjacent to an activating group) is 1. The third kappa shape index (κ3) is 3.91. The molecule has 0 aliphatic carbocycles. The van der Waals surface area contributed by atoms with Gasteiger partial charge in [0, 0.05) is 77.6 Å². The summed E-state index contributed by atoms with van der Waals surface area (Å²) >= 11 is 0. The predicted molar refractivity (Wildman–Crippen MR) is 136 cm³/mol. The zero-order valence-electron chi connectivity index (χ0n) is 18.8. The quantitative estimate of drug-likeness (QED) is 0.294. The van der Waals surface area contributed by atoms with Gasteiger partial charge < -0.3 is 25.2 Å². The molecule has 4 heterocycles. The molecule has 1 amide bonds. The highest BCUT2D eigenvalue weighted by atomic mass is 16.1. The first-order valence-electron chi connectivity index (χ1n) is 10.9. The number of nitrogens with zero attached hydrogens (tertiary/aromatic N) is 2. The first-order valence-corrected chi connectivity index (χ1v) is 10.9. The summed E-state index contributed by atoms with van der Waals surface area (Å²) in [4.78, 5) is 35.5. The van der Waals surface area contributed by atoms with Crippen LogP contribution < -0.4 is 16.2 Å². The number of carbonyl (C=O) groups excluding carboxylic acids is 1. The van der Waals surface area contributed by atoms with Crippen LogP contribution in [-0.2, 0) is 11.8 Å². The molecule has 0 atom stereocenters. The second kappa shape index (κ2) is 8.84. The molecule has 0 aliphatic heterocycles. The molecule has 8 nitrogen and oxygen atoms in total. The van der Waals surface area contributed by atoms with Gasteiger partial charge in [-0.3, -0.25) is 9.59 Å². The lowest BCUT2D eigenvalue weighted by molar-refractivity contribution is -0.111. The third-order valence-electron chi connectivity index (χ3n) is 5.77. The Kier molecular flexibility index (Phi) is 5.57. The Morgan fingerprint density at radius 1 is 1.12 bits per heavy atom. The minimum absolute atomic E-state index is 0.0675. The van der Waals surface area contributed by atoms with E-state index >= 15 is 0 Å². The molecule has 0 saturated heterocycles. The van der Waals surface area contributed by atoms with Crippen LogP contribution in [-0.4, -0.2) is 39.0 Å². The lowest BCUT2D eigenvalue weighted by atomic mass is 10.0. The molecule has 4 aromatic heterocycles. The molecule has 0 saturated carbocycles. The second-order valence-corrected chi connectivity index (χ2v) is 8.08. The van der Waals surface area contributed by atoms with Gasteiger partial charge in [0.05, 0.1) is 0 Å². The fourth-order valence-electron chi connectivity index (χ4n) is 4.11. The Bertz CT molecular complexity index is 1600. The highest BCUT2D eigenvalue weighted by Crippen LogP contribution is 2.34. The lowest BCUT2D eigenvalue weighted by Crippen LogP contribution is -2.16. The summed E-state index contributed by atoms with van der Waals surface area (Å²) < 4.78 is 1.58. The molecule has 8 heteroatoms. The van der Waals surface area contributed by atoms with Gasteiger partial charge in [0.1, 0.15) is 11.2 Å². The molecule has 0 bridgehead atoms. The zero-order valence-corrected chi connectivity index (χ0v) is 18.8. The van der Waals surface area contributed by atoms with E-state index < -0.39 is 0 Å². The number of H-pyrrole nitrogens is 2. The summed E-state index contributed by atoms with van der Waals surface area (Å²) in [6.07, 6.45) is 10.6. The summed E-state index contributed by atoms with van der Waals surface area (Å²) in [6.45, 7) is 0.628. The van der Waals surface area contributed by atoms with Crippen LogP contribution in [0.15, 0.2) is 78.1 Å². The van der Waals surface area contributed by atoms with Gasteiger partial charge in [-0.15, -0.1) is 0 Å². The summed E-state index contributed by atoms with van der Waals surface area (Å²) in [7, 11) is 3.57. The van der Waals surface area contributed by atoms with Crippen molar-refractivity contribution in [1.29, 1.82) is 0 Å². The van der Waals surface area contributed by atoms with Gasteiger partial charge in [-0.1, -0.05) is 18.2 Å². The minimum Gasteiger partial charge on any atom is -0.357 e. The standard InChI is InChI=1S/C26H24N6O2/c1-27-9-4-7-23(33)31-18-6-3-5-16(11-18)17-12-20-21(14-30-25(20)29-13-17)22-15-32(2)26(34)24-19(22)8-10-28-24/h3-8,10-15,27-28H,9H2,1-2H3,(H,29,30)(H,31,33)/b7-4+. The number of rotatable bonds is 6. The Morgan fingerprint density at radius 2 is 2.00 bits per heavy atom. The number of hydrogen-bond donors (Lipinski definition) is 4. The molecular weight excluding hydrogens is 428 g/mol. The summed E-state index contributed by atoms with van der Waals surface area (Å²) in [5, 5.41) is 7.67. The average Bonchev–Trinajstić information content (AvgIpc) is 3.49. The van der Waals surface area contributed by atoms with Gasteiger partial charge in [0.15, 0.2) is 0 Å². The smallest absolute Gasteiger partial charge is 0.274 e. The molecular formula is C26H24N6O2. The SMILES string of the molecule is CNC/C=C/C(=O)Nc1cccc(-c2cnc3[nH]cc(-c4cn(C)c(=O)c5[nH]ccc45)c3c2)c1. The van der Waals surface area contributed by atoms with Gasteiger partial charge in [0.2, 0.25) is 5.91 Å². The molecule has 5 aromatic rings. The van der Waals surface area contributed by atoms with Crippen LogP contribution in [0.5, 0.6) is 0 Å². The van der Waals surface area contributed by atoms with Crippen molar-refractivity contribution in [3.05, 3.63) is 83.7 Å². The molecule has 4 N–H and O–H groups in total. The Morgan fingerprint density at radius 3 is 2.85 bits per heavy atom. The topological polar surface area (TPSA) is 108 Å². The Hall–Kier alpha value is -4.43. The van der Waals surface area contributed by atoms with Crippen LogP contribution in [0.3, 0.4) is 0 Å². The number of carbonyl (C=O) groups is 1. The van der Waals surface area contributed by atoms with E-state index in [1.165, 1.54) is 6.08 Å².